The molecule has 2 saturated heterocycles. The van der Waals surface area contributed by atoms with Crippen LogP contribution in [0.25, 0.3) is 0 Å². The van der Waals surface area contributed by atoms with Gasteiger partial charge in [-0.3, -0.25) is 9.69 Å². The monoisotopic (exact) mass is 308 g/mol. The number of nitrogens with zero attached hydrogens (tertiary/aromatic N) is 2. The van der Waals surface area contributed by atoms with E-state index in [2.05, 4.69) is 28.7 Å². The van der Waals surface area contributed by atoms with Crippen molar-refractivity contribution < 1.29 is 9.53 Å². The highest BCUT2D eigenvalue weighted by Gasteiger charge is 2.30. The summed E-state index contributed by atoms with van der Waals surface area (Å²) in [5.74, 6) is 0.206. The normalized spacial score (nSPS) is 25.8. The van der Waals surface area contributed by atoms with Gasteiger partial charge in [0.2, 0.25) is 0 Å². The Balaban J connectivity index is 1.51. The molecule has 3 rings (SSSR count). The lowest BCUT2D eigenvalue weighted by molar-refractivity contribution is -0.148. The first-order valence-corrected chi connectivity index (χ1v) is 8.86. The van der Waals surface area contributed by atoms with Gasteiger partial charge in [0, 0.05) is 38.8 Å². The molecule has 2 fully saturated rings. The van der Waals surface area contributed by atoms with Crippen molar-refractivity contribution in [3.8, 4) is 0 Å². The fourth-order valence-corrected chi connectivity index (χ4v) is 3.94. The Kier molecular flexibility index (Phi) is 4.93. The molecule has 1 aromatic heterocycles. The van der Waals surface area contributed by atoms with Gasteiger partial charge in [-0.15, -0.1) is 0 Å². The first-order chi connectivity index (χ1) is 10.3. The van der Waals surface area contributed by atoms with E-state index in [1.807, 2.05) is 4.90 Å². The van der Waals surface area contributed by atoms with Crippen LogP contribution in [0.4, 0.5) is 0 Å². The maximum Gasteiger partial charge on any atom is 0.251 e. The number of ether oxygens (including phenoxy) is 1. The van der Waals surface area contributed by atoms with Crippen molar-refractivity contribution in [3.05, 3.63) is 22.4 Å². The van der Waals surface area contributed by atoms with E-state index in [-0.39, 0.29) is 12.0 Å². The van der Waals surface area contributed by atoms with Crippen LogP contribution < -0.4 is 0 Å². The van der Waals surface area contributed by atoms with Crippen molar-refractivity contribution >= 4 is 17.2 Å². The predicted octanol–water partition coefficient (Wildman–Crippen LogP) is 2.52. The number of rotatable bonds is 3. The van der Waals surface area contributed by atoms with E-state index < -0.39 is 0 Å². The molecule has 4 nitrogen and oxygen atoms in total. The van der Waals surface area contributed by atoms with Crippen LogP contribution in [0.3, 0.4) is 0 Å². The zero-order valence-corrected chi connectivity index (χ0v) is 13.5. The molecule has 0 bridgehead atoms. The van der Waals surface area contributed by atoms with Crippen molar-refractivity contribution in [1.29, 1.82) is 0 Å². The predicted molar refractivity (Wildman–Crippen MR) is 84.5 cm³/mol. The fraction of sp³-hybridized carbons (Fsp3) is 0.688. The van der Waals surface area contributed by atoms with Crippen LogP contribution in [-0.4, -0.2) is 54.6 Å². The summed E-state index contributed by atoms with van der Waals surface area (Å²) < 4.78 is 5.62. The highest BCUT2D eigenvalue weighted by molar-refractivity contribution is 7.07. The molecule has 21 heavy (non-hydrogen) atoms. The third kappa shape index (κ3) is 3.47. The van der Waals surface area contributed by atoms with E-state index in [9.17, 15) is 4.79 Å². The Bertz CT molecular complexity index is 449. The molecule has 116 valence electrons. The molecule has 0 N–H and O–H groups in total. The summed E-state index contributed by atoms with van der Waals surface area (Å²) in [5, 5.41) is 4.35. The molecule has 0 radical (unpaired) electrons. The average molecular weight is 308 g/mol. The molecule has 0 unspecified atom stereocenters. The Morgan fingerprint density at radius 2 is 2.14 bits per heavy atom. The van der Waals surface area contributed by atoms with Crippen molar-refractivity contribution in [3.63, 3.8) is 0 Å². The average Bonchev–Trinajstić information content (AvgIpc) is 3.09. The van der Waals surface area contributed by atoms with E-state index in [4.69, 9.17) is 4.74 Å². The molecular weight excluding hydrogens is 284 g/mol. The van der Waals surface area contributed by atoms with E-state index in [0.29, 0.717) is 6.04 Å². The van der Waals surface area contributed by atoms with Crippen LogP contribution in [0.5, 0.6) is 0 Å². The molecule has 0 spiro atoms. The number of piperazine rings is 1. The minimum atomic E-state index is -0.181. The van der Waals surface area contributed by atoms with Crippen molar-refractivity contribution in [2.24, 2.45) is 0 Å². The molecule has 1 aromatic rings. The SMILES string of the molecule is C[C@H](c1ccsc1)N1CCN(C(=O)[C@H]2CCCCO2)CC1. The van der Waals surface area contributed by atoms with Crippen LogP contribution in [-0.2, 0) is 9.53 Å². The van der Waals surface area contributed by atoms with Gasteiger partial charge in [0.25, 0.3) is 5.91 Å². The highest BCUT2D eigenvalue weighted by atomic mass is 32.1. The first-order valence-electron chi connectivity index (χ1n) is 7.92. The summed E-state index contributed by atoms with van der Waals surface area (Å²) >= 11 is 1.75. The van der Waals surface area contributed by atoms with Crippen molar-refractivity contribution in [1.82, 2.24) is 9.80 Å². The Labute approximate surface area is 130 Å². The van der Waals surface area contributed by atoms with Gasteiger partial charge >= 0.3 is 0 Å². The zero-order chi connectivity index (χ0) is 14.7. The second kappa shape index (κ2) is 6.90. The van der Waals surface area contributed by atoms with Crippen LogP contribution in [0.15, 0.2) is 16.8 Å². The summed E-state index contributed by atoms with van der Waals surface area (Å²) in [7, 11) is 0. The van der Waals surface area contributed by atoms with Gasteiger partial charge < -0.3 is 9.64 Å². The molecule has 3 heterocycles. The number of hydrogen-bond acceptors (Lipinski definition) is 4. The van der Waals surface area contributed by atoms with E-state index in [0.717, 1.165) is 52.0 Å². The Hall–Kier alpha value is -0.910. The van der Waals surface area contributed by atoms with Gasteiger partial charge in [0.15, 0.2) is 0 Å². The van der Waals surface area contributed by atoms with Gasteiger partial charge in [-0.2, -0.15) is 11.3 Å². The third-order valence-electron chi connectivity index (χ3n) is 4.65. The summed E-state index contributed by atoms with van der Waals surface area (Å²) in [6, 6.07) is 2.64. The topological polar surface area (TPSA) is 32.8 Å². The molecule has 2 atom stereocenters. The zero-order valence-electron chi connectivity index (χ0n) is 12.7. The summed E-state index contributed by atoms with van der Waals surface area (Å²) in [6.07, 6.45) is 2.92. The second-order valence-corrected chi connectivity index (χ2v) is 6.73. The number of carbonyl (C=O) groups excluding carboxylic acids is 1. The smallest absolute Gasteiger partial charge is 0.251 e. The van der Waals surface area contributed by atoms with E-state index in [1.165, 1.54) is 5.56 Å². The van der Waals surface area contributed by atoms with Crippen LogP contribution in [0, 0.1) is 0 Å². The molecule has 0 saturated carbocycles. The maximum atomic E-state index is 12.4. The molecule has 0 aliphatic carbocycles. The van der Waals surface area contributed by atoms with Gasteiger partial charge in [-0.1, -0.05) is 0 Å². The molecule has 0 aromatic carbocycles. The lowest BCUT2D eigenvalue weighted by atomic mass is 10.1. The van der Waals surface area contributed by atoms with Gasteiger partial charge in [-0.25, -0.2) is 0 Å². The molecule has 2 aliphatic rings. The minimum absolute atomic E-state index is 0.181. The largest absolute Gasteiger partial charge is 0.368 e. The van der Waals surface area contributed by atoms with E-state index >= 15 is 0 Å². The van der Waals surface area contributed by atoms with Gasteiger partial charge in [0.1, 0.15) is 6.10 Å². The Morgan fingerprint density at radius 3 is 2.76 bits per heavy atom. The van der Waals surface area contributed by atoms with Crippen LogP contribution in [0.1, 0.15) is 37.8 Å². The van der Waals surface area contributed by atoms with Gasteiger partial charge in [0.05, 0.1) is 0 Å². The minimum Gasteiger partial charge on any atom is -0.368 e. The summed E-state index contributed by atoms with van der Waals surface area (Å²) in [6.45, 7) is 6.56. The fourth-order valence-electron chi connectivity index (χ4n) is 3.19. The number of thiophene rings is 1. The second-order valence-electron chi connectivity index (χ2n) is 5.95. The number of carbonyl (C=O) groups is 1. The molecule has 5 heteroatoms. The van der Waals surface area contributed by atoms with Gasteiger partial charge in [-0.05, 0) is 48.6 Å². The standard InChI is InChI=1S/C16H24N2O2S/c1-13(14-5-11-21-12-14)17-6-8-18(9-7-17)16(19)15-4-2-3-10-20-15/h5,11-13,15H,2-4,6-10H2,1H3/t13-,15-/m1/s1. The lowest BCUT2D eigenvalue weighted by Gasteiger charge is -2.39. The quantitative estimate of drug-likeness (QED) is 0.860. The summed E-state index contributed by atoms with van der Waals surface area (Å²) in [4.78, 5) is 16.9. The molecular formula is C16H24N2O2S. The van der Waals surface area contributed by atoms with Crippen LogP contribution in [0.2, 0.25) is 0 Å². The highest BCUT2D eigenvalue weighted by Crippen LogP contribution is 2.24. The van der Waals surface area contributed by atoms with Crippen molar-refractivity contribution in [2.75, 3.05) is 32.8 Å². The van der Waals surface area contributed by atoms with Crippen LogP contribution >= 0.6 is 11.3 Å². The number of amides is 1. The third-order valence-corrected chi connectivity index (χ3v) is 5.36. The van der Waals surface area contributed by atoms with E-state index in [1.54, 1.807) is 11.3 Å². The van der Waals surface area contributed by atoms with Crippen molar-refractivity contribution in [2.45, 2.75) is 38.3 Å². The summed E-state index contributed by atoms with van der Waals surface area (Å²) in [5.41, 5.74) is 1.38. The molecule has 2 aliphatic heterocycles. The number of hydrogen-bond donors (Lipinski definition) is 0. The molecule has 1 amide bonds. The Morgan fingerprint density at radius 1 is 1.33 bits per heavy atom. The maximum absolute atomic E-state index is 12.4. The first kappa shape index (κ1) is 15.0. The lowest BCUT2D eigenvalue weighted by Crippen LogP contribution is -2.52.